The Hall–Kier alpha value is -0.170. The summed E-state index contributed by atoms with van der Waals surface area (Å²) in [5.74, 6) is 0. The van der Waals surface area contributed by atoms with Gasteiger partial charge in [0.25, 0.3) is 0 Å². The molecule has 2 N–H and O–H groups in total. The van der Waals surface area contributed by atoms with Crippen LogP contribution in [0.5, 0.6) is 0 Å². The second-order valence-electron chi connectivity index (χ2n) is 5.24. The predicted molar refractivity (Wildman–Crippen MR) is 88.8 cm³/mol. The summed E-state index contributed by atoms with van der Waals surface area (Å²) in [7, 11) is 1.95. The topological polar surface area (TPSA) is 44.7 Å². The Morgan fingerprint density at radius 1 is 1.57 bits per heavy atom. The van der Waals surface area contributed by atoms with Gasteiger partial charge in [-0.2, -0.15) is 0 Å². The van der Waals surface area contributed by atoms with Crippen molar-refractivity contribution >= 4 is 27.5 Å². The van der Waals surface area contributed by atoms with Crippen molar-refractivity contribution in [3.63, 3.8) is 0 Å². The van der Waals surface area contributed by atoms with E-state index in [2.05, 4.69) is 32.2 Å². The fourth-order valence-corrected chi connectivity index (χ4v) is 3.49. The van der Waals surface area contributed by atoms with Gasteiger partial charge in [0.2, 0.25) is 0 Å². The standard InChI is InChI=1S/C15H22BrClN2O2/c1-18-15(13-3-2-11(16)8-14(13)17)4-5-19-6-7-21-10-12(19)9-20/h2-3,8,12,15,18,20H,4-7,9-10H2,1H3. The predicted octanol–water partition coefficient (Wildman–Crippen LogP) is 2.45. The summed E-state index contributed by atoms with van der Waals surface area (Å²) in [4.78, 5) is 2.29. The highest BCUT2D eigenvalue weighted by atomic mass is 79.9. The van der Waals surface area contributed by atoms with Crippen LogP contribution in [0.4, 0.5) is 0 Å². The molecular formula is C15H22BrClN2O2. The van der Waals surface area contributed by atoms with Crippen molar-refractivity contribution in [3.8, 4) is 0 Å². The van der Waals surface area contributed by atoms with Crippen molar-refractivity contribution in [2.45, 2.75) is 18.5 Å². The van der Waals surface area contributed by atoms with E-state index in [1.54, 1.807) is 0 Å². The molecule has 0 saturated carbocycles. The third kappa shape index (κ3) is 4.65. The van der Waals surface area contributed by atoms with Gasteiger partial charge in [0.15, 0.2) is 0 Å². The number of aliphatic hydroxyl groups is 1. The van der Waals surface area contributed by atoms with Crippen LogP contribution in [0.1, 0.15) is 18.0 Å². The third-order valence-electron chi connectivity index (χ3n) is 3.95. The van der Waals surface area contributed by atoms with Crippen LogP contribution in [0.15, 0.2) is 22.7 Å². The summed E-state index contributed by atoms with van der Waals surface area (Å²) in [6.07, 6.45) is 0.939. The van der Waals surface area contributed by atoms with Gasteiger partial charge in [0.05, 0.1) is 25.9 Å². The van der Waals surface area contributed by atoms with Crippen LogP contribution in [0.2, 0.25) is 5.02 Å². The minimum atomic E-state index is 0.108. The summed E-state index contributed by atoms with van der Waals surface area (Å²) >= 11 is 9.77. The molecule has 0 bridgehead atoms. The number of halogens is 2. The lowest BCUT2D eigenvalue weighted by Gasteiger charge is -2.35. The smallest absolute Gasteiger partial charge is 0.0644 e. The van der Waals surface area contributed by atoms with Gasteiger partial charge >= 0.3 is 0 Å². The minimum absolute atomic E-state index is 0.108. The van der Waals surface area contributed by atoms with E-state index in [-0.39, 0.29) is 18.7 Å². The van der Waals surface area contributed by atoms with Crippen LogP contribution in [0.3, 0.4) is 0 Å². The minimum Gasteiger partial charge on any atom is -0.395 e. The number of hydrogen-bond donors (Lipinski definition) is 2. The number of nitrogens with zero attached hydrogens (tertiary/aromatic N) is 1. The number of hydrogen-bond acceptors (Lipinski definition) is 4. The van der Waals surface area contributed by atoms with Crippen molar-refractivity contribution in [2.75, 3.05) is 40.0 Å². The number of morpholine rings is 1. The lowest BCUT2D eigenvalue weighted by atomic mass is 10.0. The van der Waals surface area contributed by atoms with Crippen molar-refractivity contribution in [3.05, 3.63) is 33.3 Å². The van der Waals surface area contributed by atoms with Crippen LogP contribution in [0, 0.1) is 0 Å². The molecule has 0 spiro atoms. The molecule has 1 aromatic rings. The molecule has 0 radical (unpaired) electrons. The van der Waals surface area contributed by atoms with Gasteiger partial charge in [-0.15, -0.1) is 0 Å². The first-order chi connectivity index (χ1) is 10.2. The molecular weight excluding hydrogens is 356 g/mol. The molecule has 21 heavy (non-hydrogen) atoms. The van der Waals surface area contributed by atoms with Gasteiger partial charge in [-0.1, -0.05) is 33.6 Å². The molecule has 2 unspecified atom stereocenters. The number of benzene rings is 1. The van der Waals surface area contributed by atoms with Gasteiger partial charge in [-0.3, -0.25) is 4.90 Å². The van der Waals surface area contributed by atoms with Crippen molar-refractivity contribution in [2.24, 2.45) is 0 Å². The zero-order chi connectivity index (χ0) is 15.2. The van der Waals surface area contributed by atoms with Crippen LogP contribution in [0.25, 0.3) is 0 Å². The average molecular weight is 378 g/mol. The number of rotatable bonds is 6. The van der Waals surface area contributed by atoms with Gasteiger partial charge in [-0.25, -0.2) is 0 Å². The molecule has 2 atom stereocenters. The summed E-state index contributed by atoms with van der Waals surface area (Å²) in [6, 6.07) is 6.30. The maximum atomic E-state index is 9.41. The lowest BCUT2D eigenvalue weighted by molar-refractivity contribution is -0.0285. The van der Waals surface area contributed by atoms with E-state index in [0.717, 1.165) is 41.2 Å². The normalized spacial score (nSPS) is 21.4. The van der Waals surface area contributed by atoms with Crippen molar-refractivity contribution < 1.29 is 9.84 Å². The second-order valence-corrected chi connectivity index (χ2v) is 6.57. The Morgan fingerprint density at radius 3 is 3.05 bits per heavy atom. The molecule has 1 fully saturated rings. The van der Waals surface area contributed by atoms with E-state index < -0.39 is 0 Å². The largest absolute Gasteiger partial charge is 0.395 e. The summed E-state index contributed by atoms with van der Waals surface area (Å²) < 4.78 is 6.40. The summed E-state index contributed by atoms with van der Waals surface area (Å²) in [5, 5.41) is 13.5. The molecule has 0 amide bonds. The quantitative estimate of drug-likeness (QED) is 0.799. The highest BCUT2D eigenvalue weighted by Gasteiger charge is 2.23. The Balaban J connectivity index is 1.98. The molecule has 1 saturated heterocycles. The third-order valence-corrected chi connectivity index (χ3v) is 4.77. The number of ether oxygens (including phenoxy) is 1. The number of aliphatic hydroxyl groups excluding tert-OH is 1. The van der Waals surface area contributed by atoms with Crippen molar-refractivity contribution in [1.82, 2.24) is 10.2 Å². The Kier molecular flexibility index (Phi) is 6.92. The fourth-order valence-electron chi connectivity index (χ4n) is 2.69. The van der Waals surface area contributed by atoms with E-state index >= 15 is 0 Å². The SMILES string of the molecule is CNC(CCN1CCOCC1CO)c1ccc(Br)cc1Cl. The monoisotopic (exact) mass is 376 g/mol. The average Bonchev–Trinajstić information content (AvgIpc) is 2.50. The first-order valence-electron chi connectivity index (χ1n) is 7.20. The first-order valence-corrected chi connectivity index (χ1v) is 8.37. The van der Waals surface area contributed by atoms with Crippen LogP contribution >= 0.6 is 27.5 Å². The molecule has 1 aliphatic rings. The Bertz CT molecular complexity index is 461. The molecule has 6 heteroatoms. The van der Waals surface area contributed by atoms with E-state index in [1.807, 2.05) is 19.2 Å². The molecule has 0 aliphatic carbocycles. The van der Waals surface area contributed by atoms with Gasteiger partial charge in [0.1, 0.15) is 0 Å². The van der Waals surface area contributed by atoms with Crippen LogP contribution in [-0.4, -0.2) is 56.0 Å². The Labute approximate surface area is 139 Å². The second kappa shape index (κ2) is 8.46. The van der Waals surface area contributed by atoms with Crippen LogP contribution < -0.4 is 5.32 Å². The Morgan fingerprint density at radius 2 is 2.38 bits per heavy atom. The molecule has 1 heterocycles. The molecule has 1 aliphatic heterocycles. The van der Waals surface area contributed by atoms with Crippen molar-refractivity contribution in [1.29, 1.82) is 0 Å². The lowest BCUT2D eigenvalue weighted by Crippen LogP contribution is -2.48. The zero-order valence-corrected chi connectivity index (χ0v) is 14.5. The van der Waals surface area contributed by atoms with Crippen LogP contribution in [-0.2, 0) is 4.74 Å². The van der Waals surface area contributed by atoms with E-state index in [1.165, 1.54) is 0 Å². The first kappa shape index (κ1) is 17.2. The highest BCUT2D eigenvalue weighted by molar-refractivity contribution is 9.10. The van der Waals surface area contributed by atoms with E-state index in [9.17, 15) is 5.11 Å². The molecule has 4 nitrogen and oxygen atoms in total. The fraction of sp³-hybridized carbons (Fsp3) is 0.600. The van der Waals surface area contributed by atoms with Gasteiger partial charge < -0.3 is 15.2 Å². The van der Waals surface area contributed by atoms with E-state index in [4.69, 9.17) is 16.3 Å². The molecule has 1 aromatic carbocycles. The number of nitrogens with one attached hydrogen (secondary N) is 1. The maximum absolute atomic E-state index is 9.41. The molecule has 2 rings (SSSR count). The summed E-state index contributed by atoms with van der Waals surface area (Å²) in [6.45, 7) is 3.27. The maximum Gasteiger partial charge on any atom is 0.0644 e. The molecule has 118 valence electrons. The van der Waals surface area contributed by atoms with Gasteiger partial charge in [-0.05, 0) is 31.2 Å². The summed E-state index contributed by atoms with van der Waals surface area (Å²) in [5.41, 5.74) is 1.11. The highest BCUT2D eigenvalue weighted by Crippen LogP contribution is 2.28. The molecule has 0 aromatic heterocycles. The zero-order valence-electron chi connectivity index (χ0n) is 12.2. The van der Waals surface area contributed by atoms with E-state index in [0.29, 0.717) is 6.61 Å². The van der Waals surface area contributed by atoms with Gasteiger partial charge in [0, 0.05) is 28.6 Å².